The zero-order valence-corrected chi connectivity index (χ0v) is 12.5. The average molecular weight is 276 g/mol. The van der Waals surface area contributed by atoms with Crippen molar-refractivity contribution in [3.8, 4) is 0 Å². The van der Waals surface area contributed by atoms with Gasteiger partial charge in [-0.05, 0) is 44.7 Å². The molecule has 0 bridgehead atoms. The maximum Gasteiger partial charge on any atom is 0.255 e. The predicted octanol–water partition coefficient (Wildman–Crippen LogP) is 2.27. The van der Waals surface area contributed by atoms with Crippen molar-refractivity contribution in [2.24, 2.45) is 5.92 Å². The molecule has 1 atom stereocenters. The number of aliphatic hydroxyl groups excluding tert-OH is 1. The third-order valence-corrected chi connectivity index (χ3v) is 4.18. The Morgan fingerprint density at radius 3 is 2.60 bits per heavy atom. The molecule has 0 saturated carbocycles. The van der Waals surface area contributed by atoms with Gasteiger partial charge in [0.1, 0.15) is 0 Å². The number of nitrogens with one attached hydrogen (secondary N) is 1. The van der Waals surface area contributed by atoms with Gasteiger partial charge in [-0.1, -0.05) is 11.6 Å². The van der Waals surface area contributed by atoms with Crippen molar-refractivity contribution in [3.63, 3.8) is 0 Å². The number of hydrogen-bond donors (Lipinski definition) is 2. The molecule has 1 unspecified atom stereocenters. The van der Waals surface area contributed by atoms with E-state index in [1.807, 2.05) is 44.0 Å². The van der Waals surface area contributed by atoms with Crippen LogP contribution in [0.15, 0.2) is 18.2 Å². The van der Waals surface area contributed by atoms with Crippen LogP contribution in [0, 0.1) is 12.8 Å². The SMILES string of the molecule is CNc1ccc(C)cc1C(=O)N1CCC(C(C)O)CC1. The second kappa shape index (κ2) is 6.27. The van der Waals surface area contributed by atoms with Crippen molar-refractivity contribution in [3.05, 3.63) is 29.3 Å². The van der Waals surface area contributed by atoms with Crippen molar-refractivity contribution in [1.29, 1.82) is 0 Å². The maximum absolute atomic E-state index is 12.6. The standard InChI is InChI=1S/C16H24N2O2/c1-11-4-5-15(17-3)14(10-11)16(20)18-8-6-13(7-9-18)12(2)19/h4-5,10,12-13,17,19H,6-9H2,1-3H3. The van der Waals surface area contributed by atoms with E-state index in [4.69, 9.17) is 0 Å². The summed E-state index contributed by atoms with van der Waals surface area (Å²) in [5, 5.41) is 12.7. The Morgan fingerprint density at radius 1 is 1.40 bits per heavy atom. The van der Waals surface area contributed by atoms with Gasteiger partial charge in [0, 0.05) is 25.8 Å². The van der Waals surface area contributed by atoms with Crippen LogP contribution in [0.1, 0.15) is 35.7 Å². The molecule has 1 aromatic carbocycles. The Kier molecular flexibility index (Phi) is 4.65. The molecule has 1 aliphatic rings. The smallest absolute Gasteiger partial charge is 0.255 e. The fraction of sp³-hybridized carbons (Fsp3) is 0.562. The summed E-state index contributed by atoms with van der Waals surface area (Å²) in [6, 6.07) is 5.89. The lowest BCUT2D eigenvalue weighted by Gasteiger charge is -2.33. The Bertz CT molecular complexity index is 477. The molecule has 1 saturated heterocycles. The van der Waals surface area contributed by atoms with Gasteiger partial charge in [-0.2, -0.15) is 0 Å². The van der Waals surface area contributed by atoms with Gasteiger partial charge in [0.25, 0.3) is 5.91 Å². The third kappa shape index (κ3) is 3.12. The number of piperidine rings is 1. The maximum atomic E-state index is 12.6. The number of benzene rings is 1. The highest BCUT2D eigenvalue weighted by molar-refractivity contribution is 5.99. The number of likely N-dealkylation sites (tertiary alicyclic amines) is 1. The first-order valence-electron chi connectivity index (χ1n) is 7.28. The summed E-state index contributed by atoms with van der Waals surface area (Å²) in [5.41, 5.74) is 2.70. The lowest BCUT2D eigenvalue weighted by molar-refractivity contribution is 0.0522. The van der Waals surface area contributed by atoms with Gasteiger partial charge in [-0.15, -0.1) is 0 Å². The molecule has 2 rings (SSSR count). The molecule has 1 heterocycles. The minimum atomic E-state index is -0.279. The number of hydrogen-bond acceptors (Lipinski definition) is 3. The van der Waals surface area contributed by atoms with Crippen LogP contribution in [-0.2, 0) is 0 Å². The van der Waals surface area contributed by atoms with Crippen molar-refractivity contribution in [1.82, 2.24) is 4.90 Å². The van der Waals surface area contributed by atoms with Crippen LogP contribution < -0.4 is 5.32 Å². The first-order valence-corrected chi connectivity index (χ1v) is 7.28. The number of amides is 1. The predicted molar refractivity (Wildman–Crippen MR) is 81.0 cm³/mol. The first-order chi connectivity index (χ1) is 9.52. The summed E-state index contributed by atoms with van der Waals surface area (Å²) >= 11 is 0. The number of carbonyl (C=O) groups is 1. The molecule has 2 N–H and O–H groups in total. The summed E-state index contributed by atoms with van der Waals surface area (Å²) in [6.45, 7) is 5.29. The number of aliphatic hydroxyl groups is 1. The fourth-order valence-electron chi connectivity index (χ4n) is 2.81. The number of anilines is 1. The lowest BCUT2D eigenvalue weighted by atomic mass is 9.92. The Hall–Kier alpha value is -1.55. The molecule has 4 nitrogen and oxygen atoms in total. The van der Waals surface area contributed by atoms with Gasteiger partial charge < -0.3 is 15.3 Å². The fourth-order valence-corrected chi connectivity index (χ4v) is 2.81. The van der Waals surface area contributed by atoms with Gasteiger partial charge in [0.05, 0.1) is 11.7 Å². The van der Waals surface area contributed by atoms with Crippen LogP contribution in [0.3, 0.4) is 0 Å². The third-order valence-electron chi connectivity index (χ3n) is 4.18. The van der Waals surface area contributed by atoms with E-state index in [2.05, 4.69) is 5.32 Å². The molecule has 110 valence electrons. The molecule has 4 heteroatoms. The van der Waals surface area contributed by atoms with E-state index in [0.29, 0.717) is 5.92 Å². The van der Waals surface area contributed by atoms with Gasteiger partial charge in [0.15, 0.2) is 0 Å². The molecule has 0 aromatic heterocycles. The summed E-state index contributed by atoms with van der Waals surface area (Å²) in [4.78, 5) is 14.5. The normalized spacial score (nSPS) is 17.9. The first kappa shape index (κ1) is 14.9. The summed E-state index contributed by atoms with van der Waals surface area (Å²) in [7, 11) is 1.83. The molecule has 1 aliphatic heterocycles. The van der Waals surface area contributed by atoms with Crippen molar-refractivity contribution in [2.45, 2.75) is 32.8 Å². The van der Waals surface area contributed by atoms with E-state index >= 15 is 0 Å². The van der Waals surface area contributed by atoms with Crippen molar-refractivity contribution < 1.29 is 9.90 Å². The second-order valence-electron chi connectivity index (χ2n) is 5.67. The van der Waals surface area contributed by atoms with Crippen LogP contribution in [-0.4, -0.2) is 42.2 Å². The number of aryl methyl sites for hydroxylation is 1. The molecule has 20 heavy (non-hydrogen) atoms. The molecular weight excluding hydrogens is 252 g/mol. The zero-order valence-electron chi connectivity index (χ0n) is 12.5. The largest absolute Gasteiger partial charge is 0.393 e. The monoisotopic (exact) mass is 276 g/mol. The molecule has 1 fully saturated rings. The van der Waals surface area contributed by atoms with E-state index in [0.717, 1.165) is 42.7 Å². The van der Waals surface area contributed by atoms with E-state index in [1.54, 1.807) is 0 Å². The summed E-state index contributed by atoms with van der Waals surface area (Å²) in [6.07, 6.45) is 1.48. The number of nitrogens with zero attached hydrogens (tertiary/aromatic N) is 1. The van der Waals surface area contributed by atoms with Gasteiger partial charge >= 0.3 is 0 Å². The Morgan fingerprint density at radius 2 is 2.05 bits per heavy atom. The Balaban J connectivity index is 2.11. The van der Waals surface area contributed by atoms with Crippen LogP contribution in [0.2, 0.25) is 0 Å². The van der Waals surface area contributed by atoms with Crippen molar-refractivity contribution in [2.75, 3.05) is 25.5 Å². The topological polar surface area (TPSA) is 52.6 Å². The highest BCUT2D eigenvalue weighted by atomic mass is 16.3. The van der Waals surface area contributed by atoms with Crippen LogP contribution >= 0.6 is 0 Å². The minimum absolute atomic E-state index is 0.0853. The molecule has 0 radical (unpaired) electrons. The molecule has 1 aromatic rings. The van der Waals surface area contributed by atoms with E-state index in [9.17, 15) is 9.90 Å². The summed E-state index contributed by atoms with van der Waals surface area (Å²) in [5.74, 6) is 0.405. The quantitative estimate of drug-likeness (QED) is 0.890. The highest BCUT2D eigenvalue weighted by Gasteiger charge is 2.26. The highest BCUT2D eigenvalue weighted by Crippen LogP contribution is 2.24. The van der Waals surface area contributed by atoms with E-state index < -0.39 is 0 Å². The number of rotatable bonds is 3. The second-order valence-corrected chi connectivity index (χ2v) is 5.67. The van der Waals surface area contributed by atoms with Crippen LogP contribution in [0.25, 0.3) is 0 Å². The zero-order chi connectivity index (χ0) is 14.7. The number of carbonyl (C=O) groups excluding carboxylic acids is 1. The lowest BCUT2D eigenvalue weighted by Crippen LogP contribution is -2.41. The minimum Gasteiger partial charge on any atom is -0.393 e. The molecule has 0 aliphatic carbocycles. The summed E-state index contributed by atoms with van der Waals surface area (Å²) < 4.78 is 0. The Labute approximate surface area is 120 Å². The molecule has 1 amide bonds. The van der Waals surface area contributed by atoms with Gasteiger partial charge in [-0.25, -0.2) is 0 Å². The van der Waals surface area contributed by atoms with Crippen molar-refractivity contribution >= 4 is 11.6 Å². The average Bonchev–Trinajstić information content (AvgIpc) is 2.46. The van der Waals surface area contributed by atoms with E-state index in [1.165, 1.54) is 0 Å². The van der Waals surface area contributed by atoms with Crippen LogP contribution in [0.4, 0.5) is 5.69 Å². The van der Waals surface area contributed by atoms with E-state index in [-0.39, 0.29) is 12.0 Å². The van der Waals surface area contributed by atoms with Gasteiger partial charge in [-0.3, -0.25) is 4.79 Å². The molecular formula is C16H24N2O2. The molecule has 0 spiro atoms. The van der Waals surface area contributed by atoms with Crippen LogP contribution in [0.5, 0.6) is 0 Å². The van der Waals surface area contributed by atoms with Gasteiger partial charge in [0.2, 0.25) is 0 Å².